The maximum atomic E-state index is 12.0. The Labute approximate surface area is 112 Å². The molecular formula is C13H22N2O4. The lowest BCUT2D eigenvalue weighted by molar-refractivity contribution is -0.138. The monoisotopic (exact) mass is 270 g/mol. The minimum Gasteiger partial charge on any atom is -0.481 e. The molecule has 19 heavy (non-hydrogen) atoms. The van der Waals surface area contributed by atoms with Gasteiger partial charge in [-0.3, -0.25) is 4.79 Å². The first kappa shape index (κ1) is 14.1. The van der Waals surface area contributed by atoms with E-state index in [0.29, 0.717) is 13.1 Å². The fourth-order valence-electron chi connectivity index (χ4n) is 2.96. The average molecular weight is 270 g/mol. The second-order valence-electron chi connectivity index (χ2n) is 5.61. The molecule has 6 nitrogen and oxygen atoms in total. The Balaban J connectivity index is 1.79. The summed E-state index contributed by atoms with van der Waals surface area (Å²) in [5, 5.41) is 21.4. The van der Waals surface area contributed by atoms with Crippen molar-refractivity contribution in [1.29, 1.82) is 0 Å². The highest BCUT2D eigenvalue weighted by atomic mass is 16.4. The summed E-state index contributed by atoms with van der Waals surface area (Å²) in [6.45, 7) is 1.10. The Bertz CT molecular complexity index is 348. The van der Waals surface area contributed by atoms with Crippen molar-refractivity contribution in [2.75, 3.05) is 13.1 Å². The number of carboxylic acid groups (broad SMARTS) is 1. The zero-order valence-corrected chi connectivity index (χ0v) is 11.0. The van der Waals surface area contributed by atoms with Gasteiger partial charge in [0.1, 0.15) is 0 Å². The fraction of sp³-hybridized carbons (Fsp3) is 0.846. The van der Waals surface area contributed by atoms with Crippen LogP contribution in [-0.2, 0) is 4.79 Å². The molecule has 2 fully saturated rings. The maximum absolute atomic E-state index is 12.0. The van der Waals surface area contributed by atoms with Crippen LogP contribution in [0.15, 0.2) is 0 Å². The lowest BCUT2D eigenvalue weighted by Gasteiger charge is -2.30. The van der Waals surface area contributed by atoms with E-state index in [4.69, 9.17) is 5.11 Å². The van der Waals surface area contributed by atoms with Crippen molar-refractivity contribution < 1.29 is 19.8 Å². The number of hydrogen-bond donors (Lipinski definition) is 3. The van der Waals surface area contributed by atoms with E-state index in [0.717, 1.165) is 32.1 Å². The number of rotatable bonds is 3. The molecule has 0 aromatic rings. The van der Waals surface area contributed by atoms with Crippen LogP contribution < -0.4 is 5.32 Å². The molecule has 3 unspecified atom stereocenters. The van der Waals surface area contributed by atoms with Gasteiger partial charge in [-0.2, -0.15) is 0 Å². The molecule has 2 aliphatic rings. The molecule has 0 aromatic carbocycles. The number of nitrogens with one attached hydrogen (secondary N) is 1. The third-order valence-corrected chi connectivity index (χ3v) is 4.07. The van der Waals surface area contributed by atoms with Crippen LogP contribution in [0.3, 0.4) is 0 Å². The van der Waals surface area contributed by atoms with Gasteiger partial charge in [0, 0.05) is 19.5 Å². The lowest BCUT2D eigenvalue weighted by atomic mass is 9.93. The Hall–Kier alpha value is -1.30. The van der Waals surface area contributed by atoms with Crippen molar-refractivity contribution in [1.82, 2.24) is 10.2 Å². The molecule has 1 saturated heterocycles. The topological polar surface area (TPSA) is 89.9 Å². The van der Waals surface area contributed by atoms with E-state index in [9.17, 15) is 14.7 Å². The zero-order valence-electron chi connectivity index (χ0n) is 11.0. The summed E-state index contributed by atoms with van der Waals surface area (Å²) in [5.74, 6) is -0.755. The number of aliphatic hydroxyl groups is 1. The molecule has 6 heteroatoms. The van der Waals surface area contributed by atoms with Gasteiger partial charge in [-0.1, -0.05) is 12.8 Å². The molecule has 3 atom stereocenters. The molecule has 0 spiro atoms. The highest BCUT2D eigenvalue weighted by molar-refractivity contribution is 5.75. The second kappa shape index (κ2) is 6.23. The fourth-order valence-corrected chi connectivity index (χ4v) is 2.96. The number of carbonyl (C=O) groups excluding carboxylic acids is 1. The zero-order chi connectivity index (χ0) is 13.8. The van der Waals surface area contributed by atoms with Crippen LogP contribution in [0, 0.1) is 5.92 Å². The average Bonchev–Trinajstić information content (AvgIpc) is 2.79. The number of urea groups is 1. The van der Waals surface area contributed by atoms with Crippen LogP contribution in [0.2, 0.25) is 0 Å². The van der Waals surface area contributed by atoms with Crippen molar-refractivity contribution in [3.63, 3.8) is 0 Å². The number of aliphatic hydroxyl groups excluding tert-OH is 1. The predicted molar refractivity (Wildman–Crippen MR) is 68.7 cm³/mol. The summed E-state index contributed by atoms with van der Waals surface area (Å²) in [4.78, 5) is 24.3. The van der Waals surface area contributed by atoms with E-state index in [1.807, 2.05) is 0 Å². The van der Waals surface area contributed by atoms with Gasteiger partial charge >= 0.3 is 12.0 Å². The summed E-state index contributed by atoms with van der Waals surface area (Å²) < 4.78 is 0. The normalized spacial score (nSPS) is 31.2. The largest absolute Gasteiger partial charge is 0.481 e. The van der Waals surface area contributed by atoms with E-state index < -0.39 is 12.1 Å². The molecule has 0 bridgehead atoms. The molecule has 0 radical (unpaired) electrons. The minimum absolute atomic E-state index is 0.0551. The van der Waals surface area contributed by atoms with Crippen LogP contribution in [0.4, 0.5) is 4.79 Å². The molecular weight excluding hydrogens is 248 g/mol. The molecule has 1 heterocycles. The maximum Gasteiger partial charge on any atom is 0.317 e. The highest BCUT2D eigenvalue weighted by Crippen LogP contribution is 2.21. The molecule has 2 rings (SSSR count). The second-order valence-corrected chi connectivity index (χ2v) is 5.61. The van der Waals surface area contributed by atoms with Crippen LogP contribution in [0.5, 0.6) is 0 Å². The van der Waals surface area contributed by atoms with Crippen LogP contribution in [0.25, 0.3) is 0 Å². The van der Waals surface area contributed by atoms with E-state index >= 15 is 0 Å². The van der Waals surface area contributed by atoms with Crippen molar-refractivity contribution in [3.8, 4) is 0 Å². The smallest absolute Gasteiger partial charge is 0.317 e. The van der Waals surface area contributed by atoms with Gasteiger partial charge in [0.05, 0.1) is 12.1 Å². The number of aliphatic carboxylic acids is 1. The molecule has 108 valence electrons. The summed E-state index contributed by atoms with van der Waals surface area (Å²) in [5.41, 5.74) is 0. The van der Waals surface area contributed by atoms with Crippen LogP contribution >= 0.6 is 0 Å². The third kappa shape index (κ3) is 3.83. The van der Waals surface area contributed by atoms with Gasteiger partial charge in [-0.25, -0.2) is 4.79 Å². The highest BCUT2D eigenvalue weighted by Gasteiger charge is 2.31. The van der Waals surface area contributed by atoms with E-state index in [-0.39, 0.29) is 24.4 Å². The van der Waals surface area contributed by atoms with Gasteiger partial charge in [0.2, 0.25) is 0 Å². The van der Waals surface area contributed by atoms with Gasteiger partial charge in [-0.05, 0) is 25.2 Å². The number of likely N-dealkylation sites (tertiary alicyclic amines) is 1. The van der Waals surface area contributed by atoms with E-state index in [1.54, 1.807) is 4.90 Å². The van der Waals surface area contributed by atoms with Crippen molar-refractivity contribution in [3.05, 3.63) is 0 Å². The first-order valence-electron chi connectivity index (χ1n) is 7.01. The number of nitrogens with zero attached hydrogens (tertiary/aromatic N) is 1. The molecule has 3 N–H and O–H groups in total. The van der Waals surface area contributed by atoms with Gasteiger partial charge < -0.3 is 20.4 Å². The molecule has 1 aliphatic heterocycles. The standard InChI is InChI=1S/C13H22N2O4/c16-11-4-2-1-3-10(11)14-13(19)15-6-5-9(8-15)7-12(17)18/h9-11,16H,1-8H2,(H,14,19)(H,17,18). The molecule has 2 amide bonds. The number of amides is 2. The Morgan fingerprint density at radius 1 is 1.21 bits per heavy atom. The Morgan fingerprint density at radius 2 is 1.95 bits per heavy atom. The van der Waals surface area contributed by atoms with Crippen molar-refractivity contribution >= 4 is 12.0 Å². The van der Waals surface area contributed by atoms with Crippen LogP contribution in [0.1, 0.15) is 38.5 Å². The first-order chi connectivity index (χ1) is 9.06. The van der Waals surface area contributed by atoms with Gasteiger partial charge in [0.15, 0.2) is 0 Å². The van der Waals surface area contributed by atoms with E-state index in [1.165, 1.54) is 0 Å². The number of carbonyl (C=O) groups is 2. The number of carboxylic acids is 1. The minimum atomic E-state index is -0.810. The Morgan fingerprint density at radius 3 is 2.63 bits per heavy atom. The van der Waals surface area contributed by atoms with Gasteiger partial charge in [0.25, 0.3) is 0 Å². The molecule has 1 saturated carbocycles. The quantitative estimate of drug-likeness (QED) is 0.707. The predicted octanol–water partition coefficient (Wildman–Crippen LogP) is 0.796. The summed E-state index contributed by atoms with van der Waals surface area (Å²) in [7, 11) is 0. The lowest BCUT2D eigenvalue weighted by Crippen LogP contribution is -2.49. The van der Waals surface area contributed by atoms with E-state index in [2.05, 4.69) is 5.32 Å². The first-order valence-corrected chi connectivity index (χ1v) is 7.01. The number of hydrogen-bond acceptors (Lipinski definition) is 3. The summed E-state index contributed by atoms with van der Waals surface area (Å²) in [6.07, 6.45) is 4.02. The van der Waals surface area contributed by atoms with Gasteiger partial charge in [-0.15, -0.1) is 0 Å². The summed E-state index contributed by atoms with van der Waals surface area (Å²) in [6, 6.07) is -0.321. The Kier molecular flexibility index (Phi) is 4.63. The van der Waals surface area contributed by atoms with Crippen LogP contribution in [-0.4, -0.2) is 52.3 Å². The third-order valence-electron chi connectivity index (χ3n) is 4.07. The van der Waals surface area contributed by atoms with Crippen molar-refractivity contribution in [2.24, 2.45) is 5.92 Å². The molecule has 0 aromatic heterocycles. The molecule has 1 aliphatic carbocycles. The van der Waals surface area contributed by atoms with Crippen molar-refractivity contribution in [2.45, 2.75) is 50.7 Å². The summed E-state index contributed by atoms with van der Waals surface area (Å²) >= 11 is 0. The SMILES string of the molecule is O=C(O)CC1CCN(C(=O)NC2CCCCC2O)C1.